The summed E-state index contributed by atoms with van der Waals surface area (Å²) in [6.45, 7) is 3.71. The van der Waals surface area contributed by atoms with Crippen LogP contribution in [-0.2, 0) is 16.6 Å². The summed E-state index contributed by atoms with van der Waals surface area (Å²) in [5.41, 5.74) is 6.91. The molecule has 4 heterocycles. The van der Waals surface area contributed by atoms with E-state index in [2.05, 4.69) is 34.9 Å². The standard InChI is InChI=1S/C14H18N8O3S/c1-2-22-12-9(18-14(22)11-13(15)20-25-19-11)6-17-7-10(12)26(23,24)21-8-3-4-16-5-8/h6-8,16,21H,2-5H2,1H3,(H2,15,20). The molecule has 1 aliphatic rings. The number of hydrogen-bond acceptors (Lipinski definition) is 9. The van der Waals surface area contributed by atoms with Gasteiger partial charge in [-0.1, -0.05) is 0 Å². The zero-order valence-electron chi connectivity index (χ0n) is 14.0. The molecule has 1 fully saturated rings. The molecular formula is C14H18N8O3S. The molecule has 4 N–H and O–H groups in total. The van der Waals surface area contributed by atoms with Gasteiger partial charge in [-0.2, -0.15) is 0 Å². The highest BCUT2D eigenvalue weighted by Gasteiger charge is 2.28. The summed E-state index contributed by atoms with van der Waals surface area (Å²) in [4.78, 5) is 8.56. The number of anilines is 1. The average molecular weight is 378 g/mol. The Labute approximate surface area is 149 Å². The van der Waals surface area contributed by atoms with Crippen LogP contribution in [0.5, 0.6) is 0 Å². The van der Waals surface area contributed by atoms with E-state index in [9.17, 15) is 8.42 Å². The van der Waals surface area contributed by atoms with Crippen molar-refractivity contribution in [3.63, 3.8) is 0 Å². The second kappa shape index (κ2) is 6.30. The van der Waals surface area contributed by atoms with Gasteiger partial charge in [-0.05, 0) is 30.2 Å². The maximum absolute atomic E-state index is 12.9. The van der Waals surface area contributed by atoms with Crippen molar-refractivity contribution in [3.05, 3.63) is 12.4 Å². The van der Waals surface area contributed by atoms with Crippen LogP contribution in [0.15, 0.2) is 21.9 Å². The van der Waals surface area contributed by atoms with E-state index in [0.29, 0.717) is 29.9 Å². The van der Waals surface area contributed by atoms with E-state index in [1.807, 2.05) is 6.92 Å². The Bertz CT molecular complexity index is 1050. The average Bonchev–Trinajstić information content (AvgIpc) is 3.32. The van der Waals surface area contributed by atoms with Crippen molar-refractivity contribution in [3.8, 4) is 11.5 Å². The van der Waals surface area contributed by atoms with Gasteiger partial charge in [0, 0.05) is 25.3 Å². The lowest BCUT2D eigenvalue weighted by Crippen LogP contribution is -2.36. The molecule has 1 unspecified atom stereocenters. The largest absolute Gasteiger partial charge is 0.379 e. The Morgan fingerprint density at radius 3 is 2.92 bits per heavy atom. The van der Waals surface area contributed by atoms with Gasteiger partial charge in [0.05, 0.1) is 11.7 Å². The molecule has 138 valence electrons. The highest BCUT2D eigenvalue weighted by molar-refractivity contribution is 7.89. The van der Waals surface area contributed by atoms with E-state index >= 15 is 0 Å². The molecule has 0 spiro atoms. The first kappa shape index (κ1) is 16.9. The van der Waals surface area contributed by atoms with Crippen LogP contribution in [0, 0.1) is 0 Å². The van der Waals surface area contributed by atoms with Crippen LogP contribution >= 0.6 is 0 Å². The van der Waals surface area contributed by atoms with Crippen molar-refractivity contribution >= 4 is 26.9 Å². The van der Waals surface area contributed by atoms with Crippen LogP contribution in [0.3, 0.4) is 0 Å². The molecule has 0 radical (unpaired) electrons. The zero-order valence-corrected chi connectivity index (χ0v) is 14.8. The summed E-state index contributed by atoms with van der Waals surface area (Å²) >= 11 is 0. The van der Waals surface area contributed by atoms with Gasteiger partial charge < -0.3 is 15.6 Å². The number of nitrogen functional groups attached to an aromatic ring is 1. The van der Waals surface area contributed by atoms with Crippen LogP contribution in [0.25, 0.3) is 22.6 Å². The smallest absolute Gasteiger partial charge is 0.244 e. The van der Waals surface area contributed by atoms with Crippen molar-refractivity contribution in [1.29, 1.82) is 0 Å². The number of imidazole rings is 1. The minimum absolute atomic E-state index is 0.0672. The Hall–Kier alpha value is -2.57. The number of sulfonamides is 1. The first-order valence-electron chi connectivity index (χ1n) is 8.17. The lowest BCUT2D eigenvalue weighted by Gasteiger charge is -2.13. The van der Waals surface area contributed by atoms with E-state index < -0.39 is 10.0 Å². The molecule has 0 aromatic carbocycles. The van der Waals surface area contributed by atoms with E-state index in [-0.39, 0.29) is 22.4 Å². The first-order chi connectivity index (χ1) is 12.5. The highest BCUT2D eigenvalue weighted by atomic mass is 32.2. The number of nitrogens with zero attached hydrogens (tertiary/aromatic N) is 5. The molecule has 1 saturated heterocycles. The van der Waals surface area contributed by atoms with Gasteiger partial charge in [0.25, 0.3) is 0 Å². The molecular weight excluding hydrogens is 360 g/mol. The topological polar surface area (TPSA) is 154 Å². The Balaban J connectivity index is 1.88. The number of hydrogen-bond donors (Lipinski definition) is 3. The maximum Gasteiger partial charge on any atom is 0.244 e. The number of fused-ring (bicyclic) bond motifs is 1. The number of rotatable bonds is 5. The molecule has 0 bridgehead atoms. The molecule has 1 aliphatic heterocycles. The molecule has 12 heteroatoms. The SMILES string of the molecule is CCn1c(-c2nonc2N)nc2cncc(S(=O)(=O)NC3CCNC3)c21. The molecule has 0 aliphatic carbocycles. The second-order valence-electron chi connectivity index (χ2n) is 5.99. The second-order valence-corrected chi connectivity index (χ2v) is 7.68. The van der Waals surface area contributed by atoms with Crippen LogP contribution in [0.2, 0.25) is 0 Å². The molecule has 3 aromatic heterocycles. The molecule has 26 heavy (non-hydrogen) atoms. The van der Waals surface area contributed by atoms with Gasteiger partial charge in [-0.3, -0.25) is 4.98 Å². The molecule has 0 saturated carbocycles. The van der Waals surface area contributed by atoms with Crippen molar-refractivity contribution in [2.24, 2.45) is 0 Å². The van der Waals surface area contributed by atoms with Crippen molar-refractivity contribution in [2.75, 3.05) is 18.8 Å². The minimum atomic E-state index is -3.77. The van der Waals surface area contributed by atoms with Crippen LogP contribution in [0.4, 0.5) is 5.82 Å². The Kier molecular flexibility index (Phi) is 4.09. The maximum atomic E-state index is 12.9. The Morgan fingerprint density at radius 1 is 1.42 bits per heavy atom. The summed E-state index contributed by atoms with van der Waals surface area (Å²) in [5, 5.41) is 10.5. The van der Waals surface area contributed by atoms with Crippen molar-refractivity contribution < 1.29 is 13.0 Å². The van der Waals surface area contributed by atoms with E-state index in [1.165, 1.54) is 12.4 Å². The van der Waals surface area contributed by atoms with Gasteiger partial charge in [0.1, 0.15) is 10.4 Å². The fraction of sp³-hybridized carbons (Fsp3) is 0.429. The lowest BCUT2D eigenvalue weighted by atomic mass is 10.3. The summed E-state index contributed by atoms with van der Waals surface area (Å²) in [5.74, 6) is 0.468. The summed E-state index contributed by atoms with van der Waals surface area (Å²) in [6, 6.07) is -0.150. The van der Waals surface area contributed by atoms with Crippen LogP contribution in [0.1, 0.15) is 13.3 Å². The minimum Gasteiger partial charge on any atom is -0.379 e. The van der Waals surface area contributed by atoms with Gasteiger partial charge in [0.15, 0.2) is 17.3 Å². The predicted molar refractivity (Wildman–Crippen MR) is 92.5 cm³/mol. The fourth-order valence-electron chi connectivity index (χ4n) is 3.13. The van der Waals surface area contributed by atoms with Crippen molar-refractivity contribution in [1.82, 2.24) is 34.9 Å². The summed E-state index contributed by atoms with van der Waals surface area (Å²) in [6.07, 6.45) is 3.57. The van der Waals surface area contributed by atoms with E-state index in [0.717, 1.165) is 13.0 Å². The molecule has 1 atom stereocenters. The third-order valence-corrected chi connectivity index (χ3v) is 5.85. The van der Waals surface area contributed by atoms with E-state index in [1.54, 1.807) is 4.57 Å². The molecule has 11 nitrogen and oxygen atoms in total. The number of nitrogens with one attached hydrogen (secondary N) is 2. The molecule has 0 amide bonds. The van der Waals surface area contributed by atoms with E-state index in [4.69, 9.17) is 5.73 Å². The lowest BCUT2D eigenvalue weighted by molar-refractivity contribution is 0.310. The highest BCUT2D eigenvalue weighted by Crippen LogP contribution is 2.29. The third-order valence-electron chi connectivity index (χ3n) is 4.33. The number of nitrogens with two attached hydrogens (primary N) is 1. The van der Waals surface area contributed by atoms with Gasteiger partial charge >= 0.3 is 0 Å². The number of pyridine rings is 1. The Morgan fingerprint density at radius 2 is 2.27 bits per heavy atom. The van der Waals surface area contributed by atoms with Crippen LogP contribution < -0.4 is 15.8 Å². The monoisotopic (exact) mass is 378 g/mol. The number of aryl methyl sites for hydroxylation is 1. The predicted octanol–water partition coefficient (Wildman–Crippen LogP) is -0.276. The van der Waals surface area contributed by atoms with Crippen molar-refractivity contribution in [2.45, 2.75) is 30.8 Å². The van der Waals surface area contributed by atoms with Gasteiger partial charge in [0.2, 0.25) is 10.0 Å². The summed E-state index contributed by atoms with van der Waals surface area (Å²) < 4.78 is 35.0. The number of aromatic nitrogens is 5. The fourth-order valence-corrected chi connectivity index (χ4v) is 4.57. The molecule has 3 aromatic rings. The summed E-state index contributed by atoms with van der Waals surface area (Å²) in [7, 11) is -3.77. The third kappa shape index (κ3) is 2.71. The van der Waals surface area contributed by atoms with Crippen LogP contribution in [-0.4, -0.2) is 52.4 Å². The van der Waals surface area contributed by atoms with Gasteiger partial charge in [-0.25, -0.2) is 22.8 Å². The quantitative estimate of drug-likeness (QED) is 0.544. The zero-order chi connectivity index (χ0) is 18.3. The first-order valence-corrected chi connectivity index (χ1v) is 9.65. The van der Waals surface area contributed by atoms with Gasteiger partial charge in [-0.15, -0.1) is 0 Å². The normalized spacial score (nSPS) is 18.0. The molecule has 4 rings (SSSR count).